The summed E-state index contributed by atoms with van der Waals surface area (Å²) in [6.07, 6.45) is 2.37. The van der Waals surface area contributed by atoms with E-state index >= 15 is 0 Å². The Morgan fingerprint density at radius 3 is 2.63 bits per heavy atom. The van der Waals surface area contributed by atoms with E-state index in [1.165, 1.54) is 18.4 Å². The van der Waals surface area contributed by atoms with Crippen molar-refractivity contribution < 1.29 is 19.0 Å². The Balaban J connectivity index is 1.52. The summed E-state index contributed by atoms with van der Waals surface area (Å²) in [5.74, 6) is 2.63. The number of piperidine rings is 3. The van der Waals surface area contributed by atoms with Crippen LogP contribution in [-0.4, -0.2) is 66.9 Å². The molecule has 3 atom stereocenters. The monoisotopic (exact) mass is 372 g/mol. The molecular weight excluding hydrogens is 344 g/mol. The first-order chi connectivity index (χ1) is 13.0. The van der Waals surface area contributed by atoms with E-state index in [0.717, 1.165) is 31.1 Å². The summed E-state index contributed by atoms with van der Waals surface area (Å²) in [6.45, 7) is 7.06. The molecule has 0 radical (unpaired) electrons. The molecule has 0 N–H and O–H groups in total. The van der Waals surface area contributed by atoms with E-state index in [9.17, 15) is 4.79 Å². The highest BCUT2D eigenvalue weighted by atomic mass is 16.7. The Hall–Kier alpha value is -1.79. The van der Waals surface area contributed by atoms with Crippen LogP contribution in [-0.2, 0) is 9.53 Å². The van der Waals surface area contributed by atoms with Crippen molar-refractivity contribution in [2.24, 2.45) is 5.92 Å². The molecule has 146 valence electrons. The fourth-order valence-electron chi connectivity index (χ4n) is 5.52. The van der Waals surface area contributed by atoms with Gasteiger partial charge in [0.05, 0.1) is 6.04 Å². The van der Waals surface area contributed by atoms with Gasteiger partial charge in [0, 0.05) is 25.6 Å². The number of ether oxygens (including phenoxy) is 3. The molecule has 0 spiro atoms. The molecule has 27 heavy (non-hydrogen) atoms. The van der Waals surface area contributed by atoms with Crippen molar-refractivity contribution in [2.75, 3.05) is 33.5 Å². The topological polar surface area (TPSA) is 51.2 Å². The van der Waals surface area contributed by atoms with Gasteiger partial charge in [0.15, 0.2) is 11.5 Å². The third-order valence-electron chi connectivity index (χ3n) is 7.11. The molecule has 4 fully saturated rings. The Morgan fingerprint density at radius 2 is 1.89 bits per heavy atom. The zero-order chi connectivity index (χ0) is 18.8. The van der Waals surface area contributed by atoms with Gasteiger partial charge in [-0.25, -0.2) is 0 Å². The second-order valence-corrected chi connectivity index (χ2v) is 8.75. The van der Waals surface area contributed by atoms with Crippen LogP contribution in [0.1, 0.15) is 38.2 Å². The highest BCUT2D eigenvalue weighted by Crippen LogP contribution is 2.48. The average molecular weight is 372 g/mol. The number of amides is 1. The zero-order valence-electron chi connectivity index (χ0n) is 16.3. The molecule has 0 saturated carbocycles. The minimum atomic E-state index is -0.791. The van der Waals surface area contributed by atoms with Crippen LogP contribution in [0.5, 0.6) is 11.5 Å². The number of hydrogen-bond acceptors (Lipinski definition) is 5. The summed E-state index contributed by atoms with van der Waals surface area (Å²) < 4.78 is 16.6. The lowest BCUT2D eigenvalue weighted by atomic mass is 9.75. The van der Waals surface area contributed by atoms with Crippen LogP contribution in [0, 0.1) is 5.92 Å². The van der Waals surface area contributed by atoms with Gasteiger partial charge < -0.3 is 19.1 Å². The normalized spacial score (nSPS) is 34.0. The lowest BCUT2D eigenvalue weighted by molar-refractivity contribution is -0.155. The number of benzene rings is 1. The van der Waals surface area contributed by atoms with Gasteiger partial charge in [-0.05, 0) is 63.4 Å². The number of nitrogens with zero attached hydrogens (tertiary/aromatic N) is 2. The van der Waals surface area contributed by atoms with Gasteiger partial charge in [0.25, 0.3) is 5.91 Å². The number of methoxy groups -OCH3 is 1. The van der Waals surface area contributed by atoms with Gasteiger partial charge in [-0.1, -0.05) is 6.07 Å². The standard InChI is InChI=1S/C21H28N2O4/c1-21(2,25-3)20(24)23-11-15(14-4-5-16-17(10-14)27-12-26-16)19-18(23)13-6-8-22(19)9-7-13/h4-5,10,13,15,18-19H,6-9,11-12H2,1-3H3/t15-,18+,19+/m0/s1. The average Bonchev–Trinajstić information content (AvgIpc) is 3.33. The van der Waals surface area contributed by atoms with Crippen LogP contribution in [0.4, 0.5) is 0 Å². The molecular formula is C21H28N2O4. The highest BCUT2D eigenvalue weighted by molar-refractivity contribution is 5.85. The van der Waals surface area contributed by atoms with Crippen LogP contribution in [0.2, 0.25) is 0 Å². The lowest BCUT2D eigenvalue weighted by Gasteiger charge is -2.51. The first-order valence-electron chi connectivity index (χ1n) is 9.99. The lowest BCUT2D eigenvalue weighted by Crippen LogP contribution is -2.62. The molecule has 6 heteroatoms. The van der Waals surface area contributed by atoms with Crippen LogP contribution in [0.25, 0.3) is 0 Å². The fraction of sp³-hybridized carbons (Fsp3) is 0.667. The van der Waals surface area contributed by atoms with Crippen molar-refractivity contribution >= 4 is 5.91 Å². The largest absolute Gasteiger partial charge is 0.454 e. The molecule has 5 heterocycles. The van der Waals surface area contributed by atoms with Crippen molar-refractivity contribution in [1.82, 2.24) is 9.80 Å². The minimum Gasteiger partial charge on any atom is -0.454 e. The molecule has 6 nitrogen and oxygen atoms in total. The van der Waals surface area contributed by atoms with Crippen molar-refractivity contribution in [3.05, 3.63) is 23.8 Å². The van der Waals surface area contributed by atoms with Crippen molar-refractivity contribution in [2.45, 2.75) is 50.3 Å². The molecule has 0 unspecified atom stereocenters. The van der Waals surface area contributed by atoms with E-state index < -0.39 is 5.60 Å². The minimum absolute atomic E-state index is 0.108. The third kappa shape index (κ3) is 2.57. The molecule has 2 bridgehead atoms. The van der Waals surface area contributed by atoms with Gasteiger partial charge in [-0.3, -0.25) is 9.69 Å². The molecule has 1 amide bonds. The highest BCUT2D eigenvalue weighted by Gasteiger charge is 2.56. The Kier molecular flexibility index (Phi) is 3.92. The van der Waals surface area contributed by atoms with Crippen LogP contribution < -0.4 is 9.47 Å². The van der Waals surface area contributed by atoms with E-state index in [-0.39, 0.29) is 18.7 Å². The Morgan fingerprint density at radius 1 is 1.15 bits per heavy atom. The maximum atomic E-state index is 13.3. The van der Waals surface area contributed by atoms with Crippen molar-refractivity contribution in [3.63, 3.8) is 0 Å². The van der Waals surface area contributed by atoms with E-state index in [0.29, 0.717) is 17.9 Å². The smallest absolute Gasteiger partial charge is 0.254 e. The SMILES string of the molecule is COC(C)(C)C(=O)N1C[C@@H](c2ccc3c(c2)OCO3)[C@@H]2[C@H]1C1CCN2CC1. The number of likely N-dealkylation sites (tertiary alicyclic amines) is 1. The maximum Gasteiger partial charge on any atom is 0.254 e. The number of hydrogen-bond donors (Lipinski definition) is 0. The van der Waals surface area contributed by atoms with E-state index in [4.69, 9.17) is 14.2 Å². The van der Waals surface area contributed by atoms with Gasteiger partial charge in [-0.15, -0.1) is 0 Å². The molecule has 1 aromatic carbocycles. The van der Waals surface area contributed by atoms with E-state index in [1.54, 1.807) is 7.11 Å². The quantitative estimate of drug-likeness (QED) is 0.814. The third-order valence-corrected chi connectivity index (χ3v) is 7.11. The molecule has 0 aromatic heterocycles. The second kappa shape index (κ2) is 6.11. The molecule has 6 rings (SSSR count). The van der Waals surface area contributed by atoms with E-state index in [1.807, 2.05) is 19.9 Å². The summed E-state index contributed by atoms with van der Waals surface area (Å²) in [5.41, 5.74) is 0.452. The second-order valence-electron chi connectivity index (χ2n) is 8.75. The summed E-state index contributed by atoms with van der Waals surface area (Å²) >= 11 is 0. The first-order valence-corrected chi connectivity index (χ1v) is 9.99. The summed E-state index contributed by atoms with van der Waals surface area (Å²) in [5, 5.41) is 0. The van der Waals surface area contributed by atoms with Crippen LogP contribution >= 0.6 is 0 Å². The molecule has 5 aliphatic rings. The predicted molar refractivity (Wildman–Crippen MR) is 100.0 cm³/mol. The van der Waals surface area contributed by atoms with Crippen molar-refractivity contribution in [3.8, 4) is 11.5 Å². The maximum absolute atomic E-state index is 13.3. The first kappa shape index (κ1) is 17.3. The molecule has 4 saturated heterocycles. The number of fused-ring (bicyclic) bond motifs is 3. The molecule has 5 aliphatic heterocycles. The van der Waals surface area contributed by atoms with Gasteiger partial charge in [-0.2, -0.15) is 0 Å². The van der Waals surface area contributed by atoms with Gasteiger partial charge >= 0.3 is 0 Å². The van der Waals surface area contributed by atoms with Crippen LogP contribution in [0.3, 0.4) is 0 Å². The zero-order valence-corrected chi connectivity index (χ0v) is 16.3. The van der Waals surface area contributed by atoms with Crippen molar-refractivity contribution in [1.29, 1.82) is 0 Å². The fourth-order valence-corrected chi connectivity index (χ4v) is 5.52. The Labute approximate surface area is 160 Å². The van der Waals surface area contributed by atoms with E-state index in [2.05, 4.69) is 21.9 Å². The predicted octanol–water partition coefficient (Wildman–Crippen LogP) is 2.23. The summed E-state index contributed by atoms with van der Waals surface area (Å²) in [6, 6.07) is 6.93. The summed E-state index contributed by atoms with van der Waals surface area (Å²) in [7, 11) is 1.62. The van der Waals surface area contributed by atoms with Crippen LogP contribution in [0.15, 0.2) is 18.2 Å². The van der Waals surface area contributed by atoms with Gasteiger partial charge in [0.2, 0.25) is 6.79 Å². The number of rotatable bonds is 3. The molecule has 0 aliphatic carbocycles. The van der Waals surface area contributed by atoms with Gasteiger partial charge in [0.1, 0.15) is 5.60 Å². The summed E-state index contributed by atoms with van der Waals surface area (Å²) in [4.78, 5) is 18.1. The molecule has 1 aromatic rings. The Bertz CT molecular complexity index is 757. The number of carbonyl (C=O) groups excluding carboxylic acids is 1. The number of carbonyl (C=O) groups is 1.